The van der Waals surface area contributed by atoms with Crippen LogP contribution < -0.4 is 10.5 Å². The molecule has 8 nitrogen and oxygen atoms in total. The fourth-order valence-corrected chi connectivity index (χ4v) is 1.56. The fraction of sp³-hybridized carbons (Fsp3) is 0.0833. The number of nitro groups is 1. The molecule has 0 aliphatic rings. The first kappa shape index (κ1) is 14.3. The van der Waals surface area contributed by atoms with Gasteiger partial charge in [0.1, 0.15) is 11.5 Å². The first-order chi connectivity index (χ1) is 9.88. The van der Waals surface area contributed by atoms with Gasteiger partial charge in [-0.1, -0.05) is 0 Å². The molecule has 2 rings (SSSR count). The highest BCUT2D eigenvalue weighted by Crippen LogP contribution is 2.29. The number of nitrogens with one attached hydrogen (secondary N) is 1. The molecule has 0 spiro atoms. The number of nitro benzene ring substituents is 1. The summed E-state index contributed by atoms with van der Waals surface area (Å²) in [4.78, 5) is 17.6. The number of aryl methyl sites for hydroxylation is 1. The summed E-state index contributed by atoms with van der Waals surface area (Å²) in [5.41, 5.74) is 5.28. The monoisotopic (exact) mass is 291 g/mol. The van der Waals surface area contributed by atoms with E-state index >= 15 is 0 Å². The number of benzene rings is 1. The van der Waals surface area contributed by atoms with Crippen LogP contribution in [0.25, 0.3) is 0 Å². The summed E-state index contributed by atoms with van der Waals surface area (Å²) in [6.45, 7) is 1.46. The van der Waals surface area contributed by atoms with Crippen molar-refractivity contribution < 1.29 is 14.1 Å². The number of ether oxygens (including phenoxy) is 1. The largest absolute Gasteiger partial charge is 0.421 e. The molecular formula is C12H10FN5O3. The molecule has 2 aromatic rings. The van der Waals surface area contributed by atoms with Crippen LogP contribution >= 0.6 is 0 Å². The molecule has 1 aromatic carbocycles. The number of hydrogen-bond acceptors (Lipinski definition) is 6. The number of aromatic nitrogens is 2. The summed E-state index contributed by atoms with van der Waals surface area (Å²) in [5.74, 6) is -1.45. The second-order valence-electron chi connectivity index (χ2n) is 4.07. The summed E-state index contributed by atoms with van der Waals surface area (Å²) in [5, 5.41) is 17.9. The lowest BCUT2D eigenvalue weighted by Gasteiger charge is -2.07. The molecule has 0 aliphatic heterocycles. The molecule has 108 valence electrons. The minimum atomic E-state index is -0.913. The lowest BCUT2D eigenvalue weighted by Crippen LogP contribution is -2.13. The number of nitrogens with two attached hydrogens (primary N) is 1. The molecule has 0 atom stereocenters. The molecule has 0 aliphatic carbocycles. The molecule has 1 heterocycles. The summed E-state index contributed by atoms with van der Waals surface area (Å²) in [6, 6.07) is 3.12. The Kier molecular flexibility index (Phi) is 3.74. The van der Waals surface area contributed by atoms with E-state index in [0.29, 0.717) is 0 Å². The van der Waals surface area contributed by atoms with Crippen LogP contribution in [0.1, 0.15) is 11.3 Å². The average Bonchev–Trinajstić information content (AvgIpc) is 2.42. The molecular weight excluding hydrogens is 281 g/mol. The topological polar surface area (TPSA) is 128 Å². The summed E-state index contributed by atoms with van der Waals surface area (Å²) in [6.07, 6.45) is 1.30. The van der Waals surface area contributed by atoms with Gasteiger partial charge in [-0.3, -0.25) is 15.5 Å². The Morgan fingerprint density at radius 3 is 2.86 bits per heavy atom. The molecule has 0 unspecified atom stereocenters. The predicted molar refractivity (Wildman–Crippen MR) is 70.9 cm³/mol. The molecule has 1 aromatic heterocycles. The van der Waals surface area contributed by atoms with E-state index in [1.807, 2.05) is 0 Å². The Morgan fingerprint density at radius 2 is 2.24 bits per heavy atom. The van der Waals surface area contributed by atoms with Gasteiger partial charge < -0.3 is 10.5 Å². The number of hydrogen-bond donors (Lipinski definition) is 2. The van der Waals surface area contributed by atoms with Gasteiger partial charge in [-0.05, 0) is 19.1 Å². The van der Waals surface area contributed by atoms with Crippen LogP contribution in [0.2, 0.25) is 0 Å². The summed E-state index contributed by atoms with van der Waals surface area (Å²) >= 11 is 0. The number of rotatable bonds is 4. The third-order valence-electron chi connectivity index (χ3n) is 2.56. The Bertz CT molecular complexity index is 735. The van der Waals surface area contributed by atoms with Gasteiger partial charge >= 0.3 is 6.01 Å². The zero-order chi connectivity index (χ0) is 15.6. The summed E-state index contributed by atoms with van der Waals surface area (Å²) in [7, 11) is 0. The van der Waals surface area contributed by atoms with Gasteiger partial charge in [0.15, 0.2) is 11.6 Å². The van der Waals surface area contributed by atoms with Gasteiger partial charge in [0, 0.05) is 11.8 Å². The van der Waals surface area contributed by atoms with Gasteiger partial charge in [0.2, 0.25) is 0 Å². The summed E-state index contributed by atoms with van der Waals surface area (Å²) < 4.78 is 18.9. The quantitative estimate of drug-likeness (QED) is 0.383. The first-order valence-electron chi connectivity index (χ1n) is 5.68. The normalized spacial score (nSPS) is 10.2. The lowest BCUT2D eigenvalue weighted by atomic mass is 10.2. The maximum absolute atomic E-state index is 13.8. The van der Waals surface area contributed by atoms with E-state index in [-0.39, 0.29) is 34.5 Å². The van der Waals surface area contributed by atoms with Gasteiger partial charge in [0.25, 0.3) is 5.69 Å². The van der Waals surface area contributed by atoms with Crippen LogP contribution in [0.3, 0.4) is 0 Å². The van der Waals surface area contributed by atoms with E-state index in [4.69, 9.17) is 15.9 Å². The standard InChI is InChI=1S/C12H10FN5O3/c1-6-4-10(7(13)5-9(6)18(19)20)21-12-16-3-2-8(17-12)11(14)15/h2-5H,1H3,(H3,14,15). The molecule has 0 amide bonds. The van der Waals surface area contributed by atoms with Crippen molar-refractivity contribution in [1.82, 2.24) is 9.97 Å². The van der Waals surface area contributed by atoms with E-state index in [0.717, 1.165) is 6.07 Å². The third-order valence-corrected chi connectivity index (χ3v) is 2.56. The molecule has 0 radical (unpaired) electrons. The van der Waals surface area contributed by atoms with Crippen LogP contribution in [-0.4, -0.2) is 20.7 Å². The van der Waals surface area contributed by atoms with Crippen LogP contribution in [0.15, 0.2) is 24.4 Å². The Hall–Kier alpha value is -3.10. The molecule has 0 fully saturated rings. The second kappa shape index (κ2) is 5.49. The van der Waals surface area contributed by atoms with Gasteiger partial charge in [-0.2, -0.15) is 4.98 Å². The van der Waals surface area contributed by atoms with E-state index in [9.17, 15) is 14.5 Å². The Balaban J connectivity index is 2.36. The van der Waals surface area contributed by atoms with Crippen molar-refractivity contribution in [2.45, 2.75) is 6.92 Å². The highest BCUT2D eigenvalue weighted by molar-refractivity contribution is 5.92. The molecule has 3 N–H and O–H groups in total. The van der Waals surface area contributed by atoms with Crippen LogP contribution in [-0.2, 0) is 0 Å². The maximum Gasteiger partial charge on any atom is 0.322 e. The van der Waals surface area contributed by atoms with Crippen molar-refractivity contribution in [3.8, 4) is 11.8 Å². The first-order valence-corrected chi connectivity index (χ1v) is 5.68. The van der Waals surface area contributed by atoms with E-state index in [1.165, 1.54) is 25.3 Å². The average molecular weight is 291 g/mol. The van der Waals surface area contributed by atoms with Crippen LogP contribution in [0.4, 0.5) is 10.1 Å². The highest BCUT2D eigenvalue weighted by atomic mass is 19.1. The smallest absolute Gasteiger partial charge is 0.322 e. The van der Waals surface area contributed by atoms with Crippen molar-refractivity contribution in [3.63, 3.8) is 0 Å². The maximum atomic E-state index is 13.8. The molecule has 21 heavy (non-hydrogen) atoms. The number of halogens is 1. The van der Waals surface area contributed by atoms with Crippen molar-refractivity contribution in [1.29, 1.82) is 5.41 Å². The second-order valence-corrected chi connectivity index (χ2v) is 4.07. The van der Waals surface area contributed by atoms with Gasteiger partial charge in [-0.25, -0.2) is 9.37 Å². The van der Waals surface area contributed by atoms with E-state index in [1.54, 1.807) is 0 Å². The Morgan fingerprint density at radius 1 is 1.52 bits per heavy atom. The van der Waals surface area contributed by atoms with Crippen LogP contribution in [0.5, 0.6) is 11.8 Å². The van der Waals surface area contributed by atoms with Crippen molar-refractivity contribution >= 4 is 11.5 Å². The van der Waals surface area contributed by atoms with Crippen molar-refractivity contribution in [2.75, 3.05) is 0 Å². The number of nitrogens with zero attached hydrogens (tertiary/aromatic N) is 3. The zero-order valence-corrected chi connectivity index (χ0v) is 10.8. The minimum Gasteiger partial charge on any atom is -0.421 e. The molecule has 0 saturated carbocycles. The van der Waals surface area contributed by atoms with Gasteiger partial charge in [-0.15, -0.1) is 0 Å². The SMILES string of the molecule is Cc1cc(Oc2nccc(C(=N)N)n2)c(F)cc1[N+](=O)[O-]. The van der Waals surface area contributed by atoms with Crippen molar-refractivity contribution in [3.05, 3.63) is 51.6 Å². The third kappa shape index (κ3) is 3.08. The van der Waals surface area contributed by atoms with Crippen molar-refractivity contribution in [2.24, 2.45) is 5.73 Å². The van der Waals surface area contributed by atoms with Gasteiger partial charge in [0.05, 0.1) is 11.0 Å². The zero-order valence-electron chi connectivity index (χ0n) is 10.8. The highest BCUT2D eigenvalue weighted by Gasteiger charge is 2.17. The lowest BCUT2D eigenvalue weighted by molar-refractivity contribution is -0.385. The number of nitrogen functional groups attached to an aromatic ring is 1. The minimum absolute atomic E-state index is 0.124. The molecule has 9 heteroatoms. The molecule has 0 saturated heterocycles. The fourth-order valence-electron chi connectivity index (χ4n) is 1.56. The number of amidine groups is 1. The predicted octanol–water partition coefficient (Wildman–Crippen LogP) is 1.91. The van der Waals surface area contributed by atoms with Crippen LogP contribution in [0, 0.1) is 28.3 Å². The van der Waals surface area contributed by atoms with E-state index < -0.39 is 10.7 Å². The van der Waals surface area contributed by atoms with E-state index in [2.05, 4.69) is 9.97 Å². The Labute approximate surface area is 118 Å². The molecule has 0 bridgehead atoms.